The molecule has 3 nitrogen and oxygen atoms in total. The standard InChI is InChI=1S/C12H18N2OS.ClH/c1-2-9-5-7-16-11(9)12(15)14-10-4-3-6-13-8-10;/h5,7,10,13H,2-4,6,8H2,1H3,(H,14,15);1H/t10-;/m1./s1. The van der Waals surface area contributed by atoms with Gasteiger partial charge >= 0.3 is 0 Å². The molecule has 96 valence electrons. The molecule has 0 aliphatic carbocycles. The van der Waals surface area contributed by atoms with E-state index in [0.717, 1.165) is 42.8 Å². The number of carbonyl (C=O) groups is 1. The Balaban J connectivity index is 0.00000144. The van der Waals surface area contributed by atoms with Crippen molar-refractivity contribution in [3.8, 4) is 0 Å². The van der Waals surface area contributed by atoms with Crippen molar-refractivity contribution >= 4 is 29.7 Å². The van der Waals surface area contributed by atoms with Crippen molar-refractivity contribution in [2.24, 2.45) is 0 Å². The summed E-state index contributed by atoms with van der Waals surface area (Å²) in [7, 11) is 0. The molecule has 1 aromatic rings. The fourth-order valence-corrected chi connectivity index (χ4v) is 2.94. The van der Waals surface area contributed by atoms with E-state index < -0.39 is 0 Å². The zero-order valence-electron chi connectivity index (χ0n) is 9.99. The van der Waals surface area contributed by atoms with Gasteiger partial charge in [-0.2, -0.15) is 0 Å². The number of carbonyl (C=O) groups excluding carboxylic acids is 1. The van der Waals surface area contributed by atoms with Gasteiger partial charge in [0.25, 0.3) is 5.91 Å². The number of rotatable bonds is 3. The first-order valence-electron chi connectivity index (χ1n) is 5.89. The lowest BCUT2D eigenvalue weighted by atomic mass is 10.1. The maximum Gasteiger partial charge on any atom is 0.261 e. The molecule has 2 N–H and O–H groups in total. The van der Waals surface area contributed by atoms with Gasteiger partial charge in [0, 0.05) is 12.6 Å². The lowest BCUT2D eigenvalue weighted by Crippen LogP contribution is -2.45. The minimum Gasteiger partial charge on any atom is -0.347 e. The Hall–Kier alpha value is -0.580. The quantitative estimate of drug-likeness (QED) is 0.887. The van der Waals surface area contributed by atoms with Crippen molar-refractivity contribution in [1.82, 2.24) is 10.6 Å². The molecule has 0 aromatic carbocycles. The molecule has 2 rings (SSSR count). The molecule has 0 radical (unpaired) electrons. The summed E-state index contributed by atoms with van der Waals surface area (Å²) >= 11 is 1.54. The van der Waals surface area contributed by atoms with Crippen molar-refractivity contribution in [3.05, 3.63) is 21.9 Å². The summed E-state index contributed by atoms with van der Waals surface area (Å²) in [5, 5.41) is 8.40. The second-order valence-electron chi connectivity index (χ2n) is 4.15. The van der Waals surface area contributed by atoms with Crippen LogP contribution in [0.1, 0.15) is 35.0 Å². The van der Waals surface area contributed by atoms with E-state index in [9.17, 15) is 4.79 Å². The summed E-state index contributed by atoms with van der Waals surface area (Å²) in [6, 6.07) is 2.34. The van der Waals surface area contributed by atoms with Crippen molar-refractivity contribution in [3.63, 3.8) is 0 Å². The average Bonchev–Trinajstić information content (AvgIpc) is 2.78. The number of thiophene rings is 1. The van der Waals surface area contributed by atoms with Gasteiger partial charge in [-0.3, -0.25) is 4.79 Å². The molecule has 5 heteroatoms. The Bertz CT molecular complexity index is 361. The zero-order valence-corrected chi connectivity index (χ0v) is 11.6. The van der Waals surface area contributed by atoms with Crippen LogP contribution in [0, 0.1) is 0 Å². The van der Waals surface area contributed by atoms with Gasteiger partial charge in [-0.15, -0.1) is 23.7 Å². The molecule has 1 aromatic heterocycles. The molecule has 17 heavy (non-hydrogen) atoms. The summed E-state index contributed by atoms with van der Waals surface area (Å²) in [4.78, 5) is 12.9. The highest BCUT2D eigenvalue weighted by Crippen LogP contribution is 2.17. The van der Waals surface area contributed by atoms with Crippen LogP contribution in [0.15, 0.2) is 11.4 Å². The highest BCUT2D eigenvalue weighted by molar-refractivity contribution is 7.12. The maximum atomic E-state index is 12.0. The topological polar surface area (TPSA) is 41.1 Å². The van der Waals surface area contributed by atoms with Gasteiger partial charge in [-0.05, 0) is 42.8 Å². The second-order valence-corrected chi connectivity index (χ2v) is 5.06. The maximum absolute atomic E-state index is 12.0. The first kappa shape index (κ1) is 14.5. The van der Waals surface area contributed by atoms with Gasteiger partial charge in [-0.25, -0.2) is 0 Å². The smallest absolute Gasteiger partial charge is 0.261 e. The van der Waals surface area contributed by atoms with Gasteiger partial charge in [0.1, 0.15) is 0 Å². The zero-order chi connectivity index (χ0) is 11.4. The van der Waals surface area contributed by atoms with Crippen LogP contribution in [-0.4, -0.2) is 25.0 Å². The normalized spacial score (nSPS) is 19.5. The summed E-state index contributed by atoms with van der Waals surface area (Å²) in [5.74, 6) is 0.0977. The molecule has 1 aliphatic heterocycles. The summed E-state index contributed by atoms with van der Waals surface area (Å²) in [5.41, 5.74) is 1.16. The number of hydrogen-bond donors (Lipinski definition) is 2. The van der Waals surface area contributed by atoms with Crippen LogP contribution in [0.2, 0.25) is 0 Å². The predicted octanol–water partition coefficient (Wildman–Crippen LogP) is 2.21. The highest BCUT2D eigenvalue weighted by atomic mass is 35.5. The predicted molar refractivity (Wildman–Crippen MR) is 74.3 cm³/mol. The van der Waals surface area contributed by atoms with Crippen LogP contribution in [0.5, 0.6) is 0 Å². The number of aryl methyl sites for hydroxylation is 1. The van der Waals surface area contributed by atoms with Gasteiger partial charge in [0.15, 0.2) is 0 Å². The number of hydrogen-bond acceptors (Lipinski definition) is 3. The van der Waals surface area contributed by atoms with Crippen LogP contribution in [0.4, 0.5) is 0 Å². The van der Waals surface area contributed by atoms with Gasteiger partial charge in [0.2, 0.25) is 0 Å². The van der Waals surface area contributed by atoms with Gasteiger partial charge in [0.05, 0.1) is 4.88 Å². The Morgan fingerprint density at radius 2 is 2.47 bits per heavy atom. The van der Waals surface area contributed by atoms with Gasteiger partial charge < -0.3 is 10.6 Å². The van der Waals surface area contributed by atoms with E-state index in [1.54, 1.807) is 0 Å². The number of amides is 1. The third-order valence-corrected chi connectivity index (χ3v) is 3.92. The molecular weight excluding hydrogens is 256 g/mol. The van der Waals surface area contributed by atoms with Crippen molar-refractivity contribution in [2.75, 3.05) is 13.1 Å². The van der Waals surface area contributed by atoms with E-state index >= 15 is 0 Å². The van der Waals surface area contributed by atoms with E-state index in [1.807, 2.05) is 11.4 Å². The SMILES string of the molecule is CCc1ccsc1C(=O)N[C@@H]1CCCNC1.Cl. The summed E-state index contributed by atoms with van der Waals surface area (Å²) in [6.45, 7) is 4.06. The first-order valence-corrected chi connectivity index (χ1v) is 6.77. The molecule has 1 saturated heterocycles. The monoisotopic (exact) mass is 274 g/mol. The summed E-state index contributed by atoms with van der Waals surface area (Å²) < 4.78 is 0. The Morgan fingerprint density at radius 3 is 3.12 bits per heavy atom. The number of piperidine rings is 1. The van der Waals surface area contributed by atoms with Crippen LogP contribution in [-0.2, 0) is 6.42 Å². The van der Waals surface area contributed by atoms with Crippen LogP contribution in [0.3, 0.4) is 0 Å². The molecule has 0 spiro atoms. The Labute approximate surface area is 112 Å². The highest BCUT2D eigenvalue weighted by Gasteiger charge is 2.18. The summed E-state index contributed by atoms with van der Waals surface area (Å²) in [6.07, 6.45) is 3.16. The van der Waals surface area contributed by atoms with E-state index in [1.165, 1.54) is 11.3 Å². The number of halogens is 1. The fourth-order valence-electron chi connectivity index (χ4n) is 2.04. The second kappa shape index (κ2) is 6.99. The fraction of sp³-hybridized carbons (Fsp3) is 0.583. The van der Waals surface area contributed by atoms with Crippen LogP contribution >= 0.6 is 23.7 Å². The van der Waals surface area contributed by atoms with Crippen LogP contribution < -0.4 is 10.6 Å². The molecule has 0 unspecified atom stereocenters. The average molecular weight is 275 g/mol. The molecular formula is C12H19ClN2OS. The van der Waals surface area contributed by atoms with E-state index in [0.29, 0.717) is 6.04 Å². The minimum absolute atomic E-state index is 0. The Morgan fingerprint density at radius 1 is 1.65 bits per heavy atom. The number of nitrogens with one attached hydrogen (secondary N) is 2. The molecule has 1 amide bonds. The molecule has 2 heterocycles. The largest absolute Gasteiger partial charge is 0.347 e. The van der Waals surface area contributed by atoms with Crippen molar-refractivity contribution < 1.29 is 4.79 Å². The van der Waals surface area contributed by atoms with Crippen LogP contribution in [0.25, 0.3) is 0 Å². The van der Waals surface area contributed by atoms with Gasteiger partial charge in [-0.1, -0.05) is 6.92 Å². The van der Waals surface area contributed by atoms with E-state index in [2.05, 4.69) is 17.6 Å². The molecule has 1 fully saturated rings. The lowest BCUT2D eigenvalue weighted by Gasteiger charge is -2.23. The first-order chi connectivity index (χ1) is 7.81. The molecule has 0 bridgehead atoms. The van der Waals surface area contributed by atoms with E-state index in [4.69, 9.17) is 0 Å². The molecule has 1 aliphatic rings. The lowest BCUT2D eigenvalue weighted by molar-refractivity contribution is 0.0934. The minimum atomic E-state index is 0. The third-order valence-electron chi connectivity index (χ3n) is 2.97. The molecule has 1 atom stereocenters. The van der Waals surface area contributed by atoms with Crippen molar-refractivity contribution in [2.45, 2.75) is 32.2 Å². The Kier molecular flexibility index (Phi) is 5.95. The van der Waals surface area contributed by atoms with Crippen molar-refractivity contribution in [1.29, 1.82) is 0 Å². The van der Waals surface area contributed by atoms with E-state index in [-0.39, 0.29) is 18.3 Å². The third kappa shape index (κ3) is 3.69. The molecule has 0 saturated carbocycles.